The molecule has 0 saturated heterocycles. The van der Waals surface area contributed by atoms with E-state index in [0.29, 0.717) is 49.4 Å². The summed E-state index contributed by atoms with van der Waals surface area (Å²) in [5, 5.41) is 20.5. The van der Waals surface area contributed by atoms with E-state index in [2.05, 4.69) is 20.8 Å². The van der Waals surface area contributed by atoms with Crippen LogP contribution in [0.15, 0.2) is 0 Å². The molecule has 0 aromatic heterocycles. The summed E-state index contributed by atoms with van der Waals surface area (Å²) in [5.41, 5.74) is 0.200. The van der Waals surface area contributed by atoms with Crippen LogP contribution in [0.3, 0.4) is 0 Å². The Morgan fingerprint density at radius 2 is 1.72 bits per heavy atom. The van der Waals surface area contributed by atoms with Crippen molar-refractivity contribution in [3.8, 4) is 0 Å². The highest BCUT2D eigenvalue weighted by Crippen LogP contribution is 2.68. The number of hydrogen-bond acceptors (Lipinski definition) is 5. The quantitative estimate of drug-likeness (QED) is 0.493. The number of carboxylic acids is 1. The highest BCUT2D eigenvalue weighted by molar-refractivity contribution is 7.80. The fourth-order valence-corrected chi connectivity index (χ4v) is 9.49. The zero-order chi connectivity index (χ0) is 23.5. The molecule has 8 heteroatoms. The van der Waals surface area contributed by atoms with E-state index in [1.807, 2.05) is 0 Å². The van der Waals surface area contributed by atoms with Gasteiger partial charge in [0.05, 0.1) is 12.2 Å². The molecule has 0 aromatic carbocycles. The Bertz CT molecular complexity index is 828. The van der Waals surface area contributed by atoms with Crippen molar-refractivity contribution in [3.63, 3.8) is 0 Å². The van der Waals surface area contributed by atoms with Gasteiger partial charge >= 0.3 is 16.4 Å². The third-order valence-electron chi connectivity index (χ3n) is 10.5. The van der Waals surface area contributed by atoms with Crippen LogP contribution in [0.4, 0.5) is 0 Å². The van der Waals surface area contributed by atoms with Crippen LogP contribution in [0.25, 0.3) is 0 Å². The normalized spacial score (nSPS) is 47.2. The molecule has 0 aromatic rings. The average Bonchev–Trinajstić information content (AvgIpc) is 3.03. The van der Waals surface area contributed by atoms with Crippen LogP contribution < -0.4 is 0 Å². The average molecular weight is 473 g/mol. The summed E-state index contributed by atoms with van der Waals surface area (Å²) in [6.07, 6.45) is 7.11. The van der Waals surface area contributed by atoms with E-state index in [4.69, 9.17) is 13.8 Å². The van der Waals surface area contributed by atoms with E-state index in [9.17, 15) is 18.3 Å². The number of carboxylic acid groups (broad SMARTS) is 1. The largest absolute Gasteiger partial charge is 0.481 e. The smallest absolute Gasteiger partial charge is 0.397 e. The molecule has 0 radical (unpaired) electrons. The van der Waals surface area contributed by atoms with E-state index in [-0.39, 0.29) is 29.1 Å². The minimum absolute atomic E-state index is 0.0529. The maximum Gasteiger partial charge on any atom is 0.397 e. The Hall–Kier alpha value is -0.700. The molecule has 4 rings (SSSR count). The van der Waals surface area contributed by atoms with Gasteiger partial charge in [0.15, 0.2) is 0 Å². The van der Waals surface area contributed by atoms with E-state index in [1.165, 1.54) is 0 Å². The number of rotatable bonds is 6. The Morgan fingerprint density at radius 1 is 1.06 bits per heavy atom. The summed E-state index contributed by atoms with van der Waals surface area (Å²) in [7, 11) is -4.46. The monoisotopic (exact) mass is 472 g/mol. The molecule has 32 heavy (non-hydrogen) atoms. The molecule has 7 nitrogen and oxygen atoms in total. The second kappa shape index (κ2) is 8.51. The maximum atomic E-state index is 11.4. The minimum atomic E-state index is -4.46. The molecule has 4 fully saturated rings. The first-order chi connectivity index (χ1) is 14.8. The molecular formula is C24H40O7S. The van der Waals surface area contributed by atoms with Crippen LogP contribution >= 0.6 is 0 Å². The van der Waals surface area contributed by atoms with E-state index < -0.39 is 28.6 Å². The highest BCUT2D eigenvalue weighted by Gasteiger charge is 2.63. The standard InChI is InChI=1S/C24H40O7S/c1-14(4-7-21(26)27)17-5-6-18-22-19(9-11-24(17,18)3)23(2)10-8-16(31-32(28,29)30)12-15(23)13-20(22)25/h14-20,22,25H,4-13H2,1-3H3,(H,26,27)(H,28,29,30)/t14-,15?,16-,17-,18?,19?,20?,22?,23+,24-/m1/s1. The van der Waals surface area contributed by atoms with Crippen molar-refractivity contribution >= 4 is 16.4 Å². The van der Waals surface area contributed by atoms with E-state index >= 15 is 0 Å². The van der Waals surface area contributed by atoms with Crippen LogP contribution in [-0.2, 0) is 19.4 Å². The molecule has 0 aliphatic heterocycles. The van der Waals surface area contributed by atoms with Crippen LogP contribution in [0.5, 0.6) is 0 Å². The molecule has 10 atom stereocenters. The van der Waals surface area contributed by atoms with Gasteiger partial charge in [-0.15, -0.1) is 0 Å². The van der Waals surface area contributed by atoms with Gasteiger partial charge in [-0.3, -0.25) is 9.35 Å². The van der Waals surface area contributed by atoms with Gasteiger partial charge < -0.3 is 10.2 Å². The third kappa shape index (κ3) is 4.25. The first-order valence-corrected chi connectivity index (χ1v) is 13.8. The van der Waals surface area contributed by atoms with Crippen molar-refractivity contribution in [2.75, 3.05) is 0 Å². The molecule has 0 bridgehead atoms. The summed E-state index contributed by atoms with van der Waals surface area (Å²) < 4.78 is 36.4. The zero-order valence-corrected chi connectivity index (χ0v) is 20.4. The van der Waals surface area contributed by atoms with Gasteiger partial charge in [0, 0.05) is 6.42 Å². The van der Waals surface area contributed by atoms with Crippen molar-refractivity contribution in [1.29, 1.82) is 0 Å². The second-order valence-corrected chi connectivity index (χ2v) is 12.9. The van der Waals surface area contributed by atoms with Gasteiger partial charge in [0.25, 0.3) is 0 Å². The summed E-state index contributed by atoms with van der Waals surface area (Å²) in [6.45, 7) is 6.93. The SMILES string of the molecule is C[C@H](CCC(=O)O)[C@H]1CCC2C3C(O)CC4C[C@H](OS(=O)(=O)O)CC[C@]4(C)C3CC[C@@]21C. The number of carbonyl (C=O) groups is 1. The van der Waals surface area contributed by atoms with Crippen LogP contribution in [0, 0.1) is 46.3 Å². The Balaban J connectivity index is 1.52. The number of fused-ring (bicyclic) bond motifs is 5. The molecule has 0 heterocycles. The molecule has 4 saturated carbocycles. The lowest BCUT2D eigenvalue weighted by atomic mass is 9.43. The minimum Gasteiger partial charge on any atom is -0.481 e. The lowest BCUT2D eigenvalue weighted by Crippen LogP contribution is -2.58. The van der Waals surface area contributed by atoms with Crippen LogP contribution in [0.1, 0.15) is 85.0 Å². The summed E-state index contributed by atoms with van der Waals surface area (Å²) in [6, 6.07) is 0. The van der Waals surface area contributed by atoms with Gasteiger partial charge in [0.2, 0.25) is 0 Å². The van der Waals surface area contributed by atoms with Crippen molar-refractivity contribution in [1.82, 2.24) is 0 Å². The number of aliphatic hydroxyl groups is 1. The number of aliphatic carboxylic acids is 1. The zero-order valence-electron chi connectivity index (χ0n) is 19.6. The third-order valence-corrected chi connectivity index (χ3v) is 11.0. The van der Waals surface area contributed by atoms with Crippen LogP contribution in [0.2, 0.25) is 0 Å². The van der Waals surface area contributed by atoms with E-state index in [0.717, 1.165) is 32.1 Å². The highest BCUT2D eigenvalue weighted by atomic mass is 32.3. The number of hydrogen-bond donors (Lipinski definition) is 3. The predicted octanol–water partition coefficient (Wildman–Crippen LogP) is 4.31. The van der Waals surface area contributed by atoms with Gasteiger partial charge in [-0.25, -0.2) is 4.18 Å². The van der Waals surface area contributed by atoms with Gasteiger partial charge in [-0.05, 0) is 104 Å². The molecular weight excluding hydrogens is 432 g/mol. The fourth-order valence-electron chi connectivity index (χ4n) is 8.97. The summed E-state index contributed by atoms with van der Waals surface area (Å²) in [4.78, 5) is 11.1. The molecule has 5 unspecified atom stereocenters. The molecule has 0 spiro atoms. The van der Waals surface area contributed by atoms with Gasteiger partial charge in [0.1, 0.15) is 0 Å². The predicted molar refractivity (Wildman–Crippen MR) is 119 cm³/mol. The first kappa shape index (κ1) is 24.4. The summed E-state index contributed by atoms with van der Waals surface area (Å²) >= 11 is 0. The Kier molecular flexibility index (Phi) is 6.49. The lowest BCUT2D eigenvalue weighted by Gasteiger charge is -2.62. The topological polar surface area (TPSA) is 121 Å². The van der Waals surface area contributed by atoms with E-state index in [1.54, 1.807) is 0 Å². The Morgan fingerprint density at radius 3 is 2.38 bits per heavy atom. The number of aliphatic hydroxyl groups excluding tert-OH is 1. The molecule has 3 N–H and O–H groups in total. The summed E-state index contributed by atoms with van der Waals surface area (Å²) in [5.74, 6) is 1.46. The van der Waals surface area contributed by atoms with Crippen molar-refractivity contribution < 1.29 is 32.2 Å². The maximum absolute atomic E-state index is 11.4. The lowest BCUT2D eigenvalue weighted by molar-refractivity contribution is -0.172. The van der Waals surface area contributed by atoms with Crippen molar-refractivity contribution in [3.05, 3.63) is 0 Å². The Labute approximate surface area is 192 Å². The first-order valence-electron chi connectivity index (χ1n) is 12.4. The molecule has 0 amide bonds. The van der Waals surface area contributed by atoms with Crippen molar-refractivity contribution in [2.24, 2.45) is 46.3 Å². The molecule has 4 aliphatic carbocycles. The molecule has 4 aliphatic rings. The van der Waals surface area contributed by atoms with Gasteiger partial charge in [-0.2, -0.15) is 8.42 Å². The van der Waals surface area contributed by atoms with Gasteiger partial charge in [-0.1, -0.05) is 20.8 Å². The fraction of sp³-hybridized carbons (Fsp3) is 0.958. The van der Waals surface area contributed by atoms with Crippen molar-refractivity contribution in [2.45, 2.75) is 97.2 Å². The molecule has 184 valence electrons. The van der Waals surface area contributed by atoms with Crippen LogP contribution in [-0.4, -0.2) is 41.4 Å². The second-order valence-electron chi connectivity index (χ2n) is 11.9.